The average molecular weight is 404 g/mol. The van der Waals surface area contributed by atoms with E-state index in [2.05, 4.69) is 4.74 Å². The van der Waals surface area contributed by atoms with Crippen LogP contribution in [-0.2, 0) is 11.0 Å². The highest BCUT2D eigenvalue weighted by Crippen LogP contribution is 2.40. The van der Waals surface area contributed by atoms with Crippen LogP contribution in [0.2, 0.25) is 0 Å². The number of hydrogen-bond donors (Lipinski definition) is 1. The Bertz CT molecular complexity index is 868. The van der Waals surface area contributed by atoms with E-state index in [9.17, 15) is 26.7 Å². The van der Waals surface area contributed by atoms with Crippen molar-refractivity contribution >= 4 is 5.97 Å². The summed E-state index contributed by atoms with van der Waals surface area (Å²) in [6, 6.07) is 7.79. The fraction of sp³-hybridized carbons (Fsp3) is 0.278. The predicted molar refractivity (Wildman–Crippen MR) is 84.8 cm³/mol. The van der Waals surface area contributed by atoms with Crippen LogP contribution in [0.1, 0.15) is 12.0 Å². The molecule has 1 N–H and O–H groups in total. The molecule has 1 unspecified atom stereocenters. The van der Waals surface area contributed by atoms with Gasteiger partial charge in [-0.25, -0.2) is 0 Å². The molecule has 10 heteroatoms. The van der Waals surface area contributed by atoms with Crippen molar-refractivity contribution in [1.29, 1.82) is 0 Å². The van der Waals surface area contributed by atoms with Crippen LogP contribution in [0, 0.1) is 5.92 Å². The summed E-state index contributed by atoms with van der Waals surface area (Å²) in [5, 5.41) is 8.87. The summed E-state index contributed by atoms with van der Waals surface area (Å²) in [7, 11) is 0. The van der Waals surface area contributed by atoms with Crippen molar-refractivity contribution in [3.8, 4) is 23.0 Å². The highest BCUT2D eigenvalue weighted by atomic mass is 19.4. The zero-order valence-electron chi connectivity index (χ0n) is 14.0. The van der Waals surface area contributed by atoms with Crippen molar-refractivity contribution in [2.45, 2.75) is 25.3 Å². The Morgan fingerprint density at radius 3 is 2.39 bits per heavy atom. The fourth-order valence-corrected chi connectivity index (χ4v) is 2.43. The second-order valence-corrected chi connectivity index (χ2v) is 5.95. The molecule has 1 fully saturated rings. The van der Waals surface area contributed by atoms with Crippen LogP contribution in [0.15, 0.2) is 42.5 Å². The number of ether oxygens (including phenoxy) is 3. The first kappa shape index (κ1) is 19.7. The van der Waals surface area contributed by atoms with Gasteiger partial charge in [0.15, 0.2) is 11.5 Å². The first-order valence-electron chi connectivity index (χ1n) is 7.97. The molecular weight excluding hydrogens is 391 g/mol. The maximum atomic E-state index is 12.8. The molecule has 0 bridgehead atoms. The normalized spacial score (nSPS) is 18.6. The topological polar surface area (TPSA) is 65.0 Å². The van der Waals surface area contributed by atoms with Crippen molar-refractivity contribution in [3.05, 3.63) is 48.0 Å². The zero-order valence-corrected chi connectivity index (χ0v) is 14.0. The molecular formula is C18H13F5O5. The first-order chi connectivity index (χ1) is 13.1. The summed E-state index contributed by atoms with van der Waals surface area (Å²) in [4.78, 5) is 10.8. The number of hydrogen-bond acceptors (Lipinski definition) is 4. The molecule has 0 amide bonds. The van der Waals surface area contributed by atoms with Gasteiger partial charge in [-0.3, -0.25) is 4.79 Å². The van der Waals surface area contributed by atoms with E-state index in [4.69, 9.17) is 14.6 Å². The van der Waals surface area contributed by atoms with Crippen molar-refractivity contribution in [2.75, 3.05) is 0 Å². The van der Waals surface area contributed by atoms with Gasteiger partial charge in [0.2, 0.25) is 0 Å². The summed E-state index contributed by atoms with van der Waals surface area (Å²) in [6.07, 6.45) is -4.88. The number of carbonyl (C=O) groups is 1. The van der Waals surface area contributed by atoms with Crippen LogP contribution < -0.4 is 14.2 Å². The highest BCUT2D eigenvalue weighted by molar-refractivity contribution is 5.74. The number of alkyl halides is 5. The third-order valence-corrected chi connectivity index (χ3v) is 3.86. The molecule has 0 radical (unpaired) electrons. The number of halogens is 5. The van der Waals surface area contributed by atoms with Gasteiger partial charge in [-0.1, -0.05) is 6.07 Å². The number of carboxylic acids is 1. The van der Waals surface area contributed by atoms with E-state index in [0.29, 0.717) is 18.6 Å². The van der Waals surface area contributed by atoms with Gasteiger partial charge in [-0.15, -0.1) is 0 Å². The molecule has 0 heterocycles. The minimum absolute atomic E-state index is 0.0869. The lowest BCUT2D eigenvalue weighted by Crippen LogP contribution is -2.08. The Morgan fingerprint density at radius 2 is 1.79 bits per heavy atom. The average Bonchev–Trinajstić information content (AvgIpc) is 3.35. The fourth-order valence-electron chi connectivity index (χ4n) is 2.43. The molecule has 0 spiro atoms. The second-order valence-electron chi connectivity index (χ2n) is 5.95. The third-order valence-electron chi connectivity index (χ3n) is 3.86. The summed E-state index contributed by atoms with van der Waals surface area (Å²) < 4.78 is 78.5. The molecule has 28 heavy (non-hydrogen) atoms. The van der Waals surface area contributed by atoms with Crippen LogP contribution in [0.4, 0.5) is 22.0 Å². The van der Waals surface area contributed by atoms with E-state index < -0.39 is 42.1 Å². The Hall–Kier alpha value is -3.04. The molecule has 2 aromatic carbocycles. The van der Waals surface area contributed by atoms with Crippen LogP contribution in [0.3, 0.4) is 0 Å². The van der Waals surface area contributed by atoms with Gasteiger partial charge in [0, 0.05) is 12.5 Å². The molecule has 1 saturated carbocycles. The largest absolute Gasteiger partial charge is 0.489 e. The monoisotopic (exact) mass is 404 g/mol. The standard InChI is InChI=1S/C18H13F5O5/c19-17(20)28-15-6-9(18(21,22)23)4-5-13(15)26-10-2-1-3-11(7-10)27-14-8-12(14)16(24)25/h1-7,12,14,17H,8H2,(H,24,25)/t12?,14-/m1/s1. The molecule has 0 saturated heterocycles. The molecule has 0 aliphatic heterocycles. The van der Waals surface area contributed by atoms with Crippen LogP contribution in [0.5, 0.6) is 23.0 Å². The Kier molecular flexibility index (Phi) is 5.30. The van der Waals surface area contributed by atoms with Gasteiger partial charge in [-0.05, 0) is 30.3 Å². The quantitative estimate of drug-likeness (QED) is 0.662. The lowest BCUT2D eigenvalue weighted by atomic mass is 10.2. The van der Waals surface area contributed by atoms with Gasteiger partial charge in [0.05, 0.1) is 11.5 Å². The van der Waals surface area contributed by atoms with E-state index >= 15 is 0 Å². The maximum absolute atomic E-state index is 12.8. The number of benzene rings is 2. The second kappa shape index (κ2) is 7.53. The van der Waals surface area contributed by atoms with Gasteiger partial charge < -0.3 is 19.3 Å². The van der Waals surface area contributed by atoms with Crippen molar-refractivity contribution in [3.63, 3.8) is 0 Å². The summed E-state index contributed by atoms with van der Waals surface area (Å²) in [5.41, 5.74) is -1.17. The number of rotatable bonds is 7. The smallest absolute Gasteiger partial charge is 0.416 e. The van der Waals surface area contributed by atoms with E-state index in [-0.39, 0.29) is 17.2 Å². The minimum Gasteiger partial charge on any atom is -0.489 e. The van der Waals surface area contributed by atoms with Gasteiger partial charge in [0.25, 0.3) is 0 Å². The number of carboxylic acid groups (broad SMARTS) is 1. The predicted octanol–water partition coefficient (Wildman–Crippen LogP) is 4.95. The zero-order chi connectivity index (χ0) is 20.5. The van der Waals surface area contributed by atoms with Gasteiger partial charge in [0.1, 0.15) is 17.6 Å². The molecule has 150 valence electrons. The van der Waals surface area contributed by atoms with E-state index in [1.807, 2.05) is 0 Å². The Morgan fingerprint density at radius 1 is 1.07 bits per heavy atom. The Labute approximate surface area is 155 Å². The van der Waals surface area contributed by atoms with E-state index in [0.717, 1.165) is 6.07 Å². The Balaban J connectivity index is 1.79. The molecule has 1 aliphatic rings. The van der Waals surface area contributed by atoms with Gasteiger partial charge >= 0.3 is 18.8 Å². The van der Waals surface area contributed by atoms with E-state index in [1.54, 1.807) is 0 Å². The molecule has 1 aliphatic carbocycles. The van der Waals surface area contributed by atoms with Crippen LogP contribution >= 0.6 is 0 Å². The van der Waals surface area contributed by atoms with Crippen molar-refractivity contribution < 1.29 is 46.1 Å². The SMILES string of the molecule is O=C(O)C1C[C@H]1Oc1cccc(Oc2ccc(C(F)(F)F)cc2OC(F)F)c1. The molecule has 2 aromatic rings. The summed E-state index contributed by atoms with van der Waals surface area (Å²) in [6.45, 7) is -3.34. The van der Waals surface area contributed by atoms with Crippen LogP contribution in [-0.4, -0.2) is 23.8 Å². The lowest BCUT2D eigenvalue weighted by molar-refractivity contribution is -0.139. The van der Waals surface area contributed by atoms with E-state index in [1.165, 1.54) is 24.3 Å². The molecule has 3 rings (SSSR count). The molecule has 2 atom stereocenters. The number of aliphatic carboxylic acids is 1. The molecule has 0 aromatic heterocycles. The minimum atomic E-state index is -4.74. The van der Waals surface area contributed by atoms with Crippen molar-refractivity contribution in [2.24, 2.45) is 5.92 Å². The molecule has 5 nitrogen and oxygen atoms in total. The van der Waals surface area contributed by atoms with Gasteiger partial charge in [-0.2, -0.15) is 22.0 Å². The lowest BCUT2D eigenvalue weighted by Gasteiger charge is -2.15. The van der Waals surface area contributed by atoms with Crippen molar-refractivity contribution in [1.82, 2.24) is 0 Å². The summed E-state index contributed by atoms with van der Waals surface area (Å²) in [5.74, 6) is -2.34. The summed E-state index contributed by atoms with van der Waals surface area (Å²) >= 11 is 0. The first-order valence-corrected chi connectivity index (χ1v) is 7.97. The third kappa shape index (κ3) is 4.81. The van der Waals surface area contributed by atoms with Crippen LogP contribution in [0.25, 0.3) is 0 Å². The maximum Gasteiger partial charge on any atom is 0.416 e. The highest BCUT2D eigenvalue weighted by Gasteiger charge is 2.45.